The number of benzene rings is 3. The van der Waals surface area contributed by atoms with Crippen LogP contribution in [0.1, 0.15) is 20.8 Å². The van der Waals surface area contributed by atoms with Crippen molar-refractivity contribution in [3.8, 4) is 0 Å². The third kappa shape index (κ3) is 4.01. The van der Waals surface area contributed by atoms with Crippen molar-refractivity contribution in [2.24, 2.45) is 0 Å². The van der Waals surface area contributed by atoms with E-state index in [1.54, 1.807) is 29.3 Å². The Morgan fingerprint density at radius 3 is 2.53 bits per heavy atom. The zero-order valence-corrected chi connectivity index (χ0v) is 21.3. The molecule has 2 aromatic heterocycles. The SMILES string of the molecule is CCn1cc2c3ccncc3c3ccc(N(C(=O)OC(C)C)S(=O)(=O)c4cc(F)ccc4F)c(F)c3c2n1. The number of sulfonamides is 1. The summed E-state index contributed by atoms with van der Waals surface area (Å²) in [7, 11) is -5.17. The molecule has 5 aromatic rings. The first-order valence-electron chi connectivity index (χ1n) is 11.6. The van der Waals surface area contributed by atoms with Gasteiger partial charge in [-0.3, -0.25) is 9.67 Å². The Labute approximate surface area is 215 Å². The molecule has 0 N–H and O–H groups in total. The highest BCUT2D eigenvalue weighted by Gasteiger charge is 2.38. The van der Waals surface area contributed by atoms with Crippen molar-refractivity contribution < 1.29 is 31.1 Å². The van der Waals surface area contributed by atoms with Crippen molar-refractivity contribution >= 4 is 54.3 Å². The zero-order chi connectivity index (χ0) is 27.4. The van der Waals surface area contributed by atoms with Crippen LogP contribution in [0.2, 0.25) is 0 Å². The molecule has 5 rings (SSSR count). The summed E-state index contributed by atoms with van der Waals surface area (Å²) in [5, 5.41) is 6.69. The van der Waals surface area contributed by atoms with Crippen molar-refractivity contribution in [1.82, 2.24) is 14.8 Å². The van der Waals surface area contributed by atoms with Gasteiger partial charge in [-0.05, 0) is 61.9 Å². The molecular weight excluding hydrogens is 521 g/mol. The van der Waals surface area contributed by atoms with Gasteiger partial charge in [-0.25, -0.2) is 26.4 Å². The molecule has 0 spiro atoms. The number of ether oxygens (including phenoxy) is 1. The van der Waals surface area contributed by atoms with Gasteiger partial charge in [0.05, 0.1) is 6.10 Å². The lowest BCUT2D eigenvalue weighted by molar-refractivity contribution is 0.126. The Balaban J connectivity index is 1.87. The van der Waals surface area contributed by atoms with E-state index in [0.29, 0.717) is 34.8 Å². The average molecular weight is 543 g/mol. The Kier molecular flexibility index (Phi) is 6.22. The number of aryl methyl sites for hydroxylation is 1. The second-order valence-electron chi connectivity index (χ2n) is 8.77. The number of aromatic nitrogens is 3. The van der Waals surface area contributed by atoms with Crippen LogP contribution in [0, 0.1) is 17.5 Å². The molecule has 0 atom stereocenters. The molecule has 0 aliphatic rings. The summed E-state index contributed by atoms with van der Waals surface area (Å²) in [6, 6.07) is 6.00. The van der Waals surface area contributed by atoms with Crippen LogP contribution in [0.5, 0.6) is 0 Å². The highest BCUT2D eigenvalue weighted by molar-refractivity contribution is 7.93. The molecule has 0 aliphatic carbocycles. The smallest absolute Gasteiger partial charge is 0.429 e. The van der Waals surface area contributed by atoms with E-state index >= 15 is 4.39 Å². The van der Waals surface area contributed by atoms with Crippen molar-refractivity contribution in [3.05, 3.63) is 72.4 Å². The fourth-order valence-corrected chi connectivity index (χ4v) is 5.75. The summed E-state index contributed by atoms with van der Waals surface area (Å²) in [6.45, 7) is 5.25. The molecule has 0 unspecified atom stereocenters. The summed E-state index contributed by atoms with van der Waals surface area (Å²) in [4.78, 5) is 16.1. The van der Waals surface area contributed by atoms with Crippen LogP contribution in [0.25, 0.3) is 32.4 Å². The van der Waals surface area contributed by atoms with Crippen LogP contribution in [-0.4, -0.2) is 35.4 Å². The second-order valence-corrected chi connectivity index (χ2v) is 10.5. The molecule has 8 nitrogen and oxygen atoms in total. The number of rotatable bonds is 5. The van der Waals surface area contributed by atoms with E-state index in [9.17, 15) is 22.0 Å². The molecule has 0 radical (unpaired) electrons. The van der Waals surface area contributed by atoms with E-state index in [2.05, 4.69) is 10.1 Å². The zero-order valence-electron chi connectivity index (χ0n) is 20.4. The Morgan fingerprint density at radius 2 is 1.82 bits per heavy atom. The molecule has 38 heavy (non-hydrogen) atoms. The molecule has 196 valence electrons. The Bertz CT molecular complexity index is 1850. The minimum Gasteiger partial charge on any atom is -0.446 e. The lowest BCUT2D eigenvalue weighted by atomic mass is 9.99. The summed E-state index contributed by atoms with van der Waals surface area (Å²) in [5.41, 5.74) is -0.506. The molecule has 0 saturated heterocycles. The summed E-state index contributed by atoms with van der Waals surface area (Å²) < 4.78 is 78.8. The monoisotopic (exact) mass is 542 g/mol. The number of halogens is 3. The molecule has 1 amide bonds. The highest BCUT2D eigenvalue weighted by atomic mass is 32.2. The topological polar surface area (TPSA) is 94.4 Å². The minimum absolute atomic E-state index is 0.00964. The van der Waals surface area contributed by atoms with E-state index < -0.39 is 50.3 Å². The predicted octanol–water partition coefficient (Wildman–Crippen LogP) is 5.92. The van der Waals surface area contributed by atoms with E-state index in [1.807, 2.05) is 6.92 Å². The molecule has 0 fully saturated rings. The number of hydrogen-bond acceptors (Lipinski definition) is 6. The Hall–Kier alpha value is -4.19. The quantitative estimate of drug-likeness (QED) is 0.256. The van der Waals surface area contributed by atoms with Gasteiger partial charge in [0.15, 0.2) is 5.82 Å². The molecular formula is C26H21F3N4O4S. The second kappa shape index (κ2) is 9.28. The minimum atomic E-state index is -5.17. The normalized spacial score (nSPS) is 12.1. The van der Waals surface area contributed by atoms with Crippen LogP contribution in [-0.2, 0) is 21.3 Å². The number of amides is 1. The number of carbonyl (C=O) groups is 1. The van der Waals surface area contributed by atoms with Gasteiger partial charge in [0, 0.05) is 41.3 Å². The lowest BCUT2D eigenvalue weighted by Gasteiger charge is -2.24. The van der Waals surface area contributed by atoms with Crippen LogP contribution >= 0.6 is 0 Å². The van der Waals surface area contributed by atoms with E-state index in [1.165, 1.54) is 19.9 Å². The maximum absolute atomic E-state index is 16.5. The van der Waals surface area contributed by atoms with Crippen molar-refractivity contribution in [2.45, 2.75) is 38.3 Å². The first kappa shape index (κ1) is 25.5. The van der Waals surface area contributed by atoms with Gasteiger partial charge in [-0.2, -0.15) is 9.40 Å². The summed E-state index contributed by atoms with van der Waals surface area (Å²) in [6.07, 6.45) is 2.57. The van der Waals surface area contributed by atoms with Gasteiger partial charge in [0.1, 0.15) is 27.7 Å². The third-order valence-electron chi connectivity index (χ3n) is 5.98. The van der Waals surface area contributed by atoms with Crippen LogP contribution in [0.15, 0.2) is 59.9 Å². The first-order valence-corrected chi connectivity index (χ1v) is 13.0. The number of nitrogens with zero attached hydrogens (tertiary/aromatic N) is 4. The Morgan fingerprint density at radius 1 is 1.05 bits per heavy atom. The number of fused-ring (bicyclic) bond motifs is 6. The van der Waals surface area contributed by atoms with Gasteiger partial charge >= 0.3 is 6.09 Å². The van der Waals surface area contributed by atoms with Crippen LogP contribution in [0.4, 0.5) is 23.7 Å². The number of carbonyl (C=O) groups excluding carboxylic acids is 1. The van der Waals surface area contributed by atoms with Crippen LogP contribution < -0.4 is 4.31 Å². The van der Waals surface area contributed by atoms with Crippen molar-refractivity contribution in [3.63, 3.8) is 0 Å². The number of pyridine rings is 1. The van der Waals surface area contributed by atoms with E-state index in [-0.39, 0.29) is 15.2 Å². The molecule has 3 aromatic carbocycles. The van der Waals surface area contributed by atoms with Gasteiger partial charge in [0.25, 0.3) is 10.0 Å². The van der Waals surface area contributed by atoms with Crippen molar-refractivity contribution in [2.75, 3.05) is 4.31 Å². The standard InChI is InChI=1S/C26H21F3N4O4S/c1-4-32-13-19-16-9-10-30-12-18(16)17-6-8-21(24(29)23(17)25(19)31-32)33(26(34)37-14(2)3)38(35,36)22-11-15(27)5-7-20(22)28/h5-14H,4H2,1-3H3. The van der Waals surface area contributed by atoms with Gasteiger partial charge in [-0.15, -0.1) is 0 Å². The maximum Gasteiger partial charge on any atom is 0.429 e. The largest absolute Gasteiger partial charge is 0.446 e. The van der Waals surface area contributed by atoms with Gasteiger partial charge < -0.3 is 4.74 Å². The van der Waals surface area contributed by atoms with E-state index in [4.69, 9.17) is 4.74 Å². The summed E-state index contributed by atoms with van der Waals surface area (Å²) >= 11 is 0. The number of hydrogen-bond donors (Lipinski definition) is 0. The lowest BCUT2D eigenvalue weighted by Crippen LogP contribution is -2.39. The highest BCUT2D eigenvalue weighted by Crippen LogP contribution is 2.40. The maximum atomic E-state index is 16.5. The molecule has 0 bridgehead atoms. The van der Waals surface area contributed by atoms with Crippen molar-refractivity contribution in [1.29, 1.82) is 0 Å². The van der Waals surface area contributed by atoms with Crippen LogP contribution in [0.3, 0.4) is 0 Å². The molecule has 12 heteroatoms. The molecule has 0 saturated carbocycles. The summed E-state index contributed by atoms with van der Waals surface area (Å²) in [5.74, 6) is -3.50. The molecule has 0 aliphatic heterocycles. The molecule has 2 heterocycles. The fourth-order valence-electron chi connectivity index (χ4n) is 4.34. The first-order chi connectivity index (χ1) is 18.0. The van der Waals surface area contributed by atoms with Gasteiger partial charge in [0.2, 0.25) is 0 Å². The number of anilines is 1. The van der Waals surface area contributed by atoms with Gasteiger partial charge in [-0.1, -0.05) is 6.07 Å². The van der Waals surface area contributed by atoms with E-state index in [0.717, 1.165) is 17.5 Å². The average Bonchev–Trinajstić information content (AvgIpc) is 3.31. The fraction of sp³-hybridized carbons (Fsp3) is 0.192. The third-order valence-corrected chi connectivity index (χ3v) is 7.67. The predicted molar refractivity (Wildman–Crippen MR) is 136 cm³/mol.